The van der Waals surface area contributed by atoms with E-state index in [1.54, 1.807) is 22.9 Å². The third-order valence-corrected chi connectivity index (χ3v) is 2.84. The van der Waals surface area contributed by atoms with Gasteiger partial charge in [-0.05, 0) is 18.2 Å². The van der Waals surface area contributed by atoms with Gasteiger partial charge in [0.2, 0.25) is 0 Å². The summed E-state index contributed by atoms with van der Waals surface area (Å²) in [5.41, 5.74) is 1.27. The Labute approximate surface area is 106 Å². The highest BCUT2D eigenvalue weighted by Crippen LogP contribution is 2.39. The number of hydrogen-bond acceptors (Lipinski definition) is 5. The molecule has 0 radical (unpaired) electrons. The SMILES string of the molecule is CN1CN(c2nnc(C(F)F)o2)c2ccc(F)cc21. The summed E-state index contributed by atoms with van der Waals surface area (Å²) in [5.74, 6) is -1.10. The van der Waals surface area contributed by atoms with Crippen molar-refractivity contribution < 1.29 is 17.6 Å². The summed E-state index contributed by atoms with van der Waals surface area (Å²) in [4.78, 5) is 3.30. The van der Waals surface area contributed by atoms with Crippen LogP contribution in [0.25, 0.3) is 0 Å². The lowest BCUT2D eigenvalue weighted by molar-refractivity contribution is 0.115. The number of anilines is 3. The average molecular weight is 270 g/mol. The Morgan fingerprint density at radius 2 is 2.05 bits per heavy atom. The highest BCUT2D eigenvalue weighted by molar-refractivity contribution is 5.79. The van der Waals surface area contributed by atoms with E-state index in [2.05, 4.69) is 10.2 Å². The van der Waals surface area contributed by atoms with Crippen LogP contribution in [0.1, 0.15) is 12.3 Å². The van der Waals surface area contributed by atoms with Crippen molar-refractivity contribution in [3.63, 3.8) is 0 Å². The smallest absolute Gasteiger partial charge is 0.324 e. The minimum Gasteiger partial charge on any atom is -0.401 e. The zero-order valence-electron chi connectivity index (χ0n) is 9.85. The number of nitrogens with zero attached hydrogens (tertiary/aromatic N) is 4. The van der Waals surface area contributed by atoms with Gasteiger partial charge in [0, 0.05) is 7.05 Å². The first-order chi connectivity index (χ1) is 9.06. The Bertz CT molecular complexity index is 616. The lowest BCUT2D eigenvalue weighted by atomic mass is 10.2. The van der Waals surface area contributed by atoms with Crippen molar-refractivity contribution in [2.45, 2.75) is 6.43 Å². The van der Waals surface area contributed by atoms with Gasteiger partial charge < -0.3 is 9.32 Å². The molecule has 0 aliphatic carbocycles. The van der Waals surface area contributed by atoms with E-state index >= 15 is 0 Å². The molecule has 0 unspecified atom stereocenters. The number of rotatable bonds is 2. The highest BCUT2D eigenvalue weighted by atomic mass is 19.3. The van der Waals surface area contributed by atoms with E-state index in [0.29, 0.717) is 18.0 Å². The van der Waals surface area contributed by atoms with E-state index in [9.17, 15) is 13.2 Å². The van der Waals surface area contributed by atoms with E-state index in [1.807, 2.05) is 0 Å². The fourth-order valence-corrected chi connectivity index (χ4v) is 1.98. The molecule has 0 saturated carbocycles. The van der Waals surface area contributed by atoms with Crippen molar-refractivity contribution in [2.75, 3.05) is 23.5 Å². The molecule has 0 saturated heterocycles. The van der Waals surface area contributed by atoms with E-state index < -0.39 is 12.3 Å². The maximum Gasteiger partial charge on any atom is 0.324 e. The normalized spacial score (nSPS) is 14.4. The molecule has 100 valence electrons. The number of alkyl halides is 2. The molecule has 5 nitrogen and oxygen atoms in total. The van der Waals surface area contributed by atoms with Crippen LogP contribution in [0.2, 0.25) is 0 Å². The lowest BCUT2D eigenvalue weighted by Crippen LogP contribution is -2.24. The van der Waals surface area contributed by atoms with Crippen LogP contribution >= 0.6 is 0 Å². The predicted molar refractivity (Wildman–Crippen MR) is 61.1 cm³/mol. The van der Waals surface area contributed by atoms with Gasteiger partial charge in [0.1, 0.15) is 5.82 Å². The fourth-order valence-electron chi connectivity index (χ4n) is 1.98. The second-order valence-corrected chi connectivity index (χ2v) is 4.12. The third-order valence-electron chi connectivity index (χ3n) is 2.84. The summed E-state index contributed by atoms with van der Waals surface area (Å²) in [7, 11) is 1.75. The largest absolute Gasteiger partial charge is 0.401 e. The average Bonchev–Trinajstić information content (AvgIpc) is 2.95. The van der Waals surface area contributed by atoms with Gasteiger partial charge in [-0.2, -0.15) is 8.78 Å². The maximum atomic E-state index is 13.2. The quantitative estimate of drug-likeness (QED) is 0.839. The molecule has 2 heterocycles. The van der Waals surface area contributed by atoms with E-state index in [0.717, 1.165) is 0 Å². The molecule has 2 aromatic rings. The first-order valence-electron chi connectivity index (χ1n) is 5.46. The van der Waals surface area contributed by atoms with Crippen molar-refractivity contribution in [3.05, 3.63) is 29.9 Å². The van der Waals surface area contributed by atoms with Gasteiger partial charge in [-0.15, -0.1) is 5.10 Å². The summed E-state index contributed by atoms with van der Waals surface area (Å²) < 4.78 is 42.9. The standard InChI is InChI=1S/C11H9F3N4O/c1-17-5-18(7-3-2-6(12)4-8(7)17)11-16-15-10(19-11)9(13)14/h2-4,9H,5H2,1H3. The second-order valence-electron chi connectivity index (χ2n) is 4.12. The summed E-state index contributed by atoms with van der Waals surface area (Å²) >= 11 is 0. The van der Waals surface area contributed by atoms with Crippen LogP contribution in [0.4, 0.5) is 30.6 Å². The minimum absolute atomic E-state index is 0.0347. The van der Waals surface area contributed by atoms with Crippen molar-refractivity contribution >= 4 is 17.4 Å². The summed E-state index contributed by atoms with van der Waals surface area (Å²) in [6.07, 6.45) is -2.81. The van der Waals surface area contributed by atoms with Gasteiger partial charge in [0.25, 0.3) is 5.89 Å². The van der Waals surface area contributed by atoms with Crippen molar-refractivity contribution in [1.82, 2.24) is 10.2 Å². The topological polar surface area (TPSA) is 45.4 Å². The lowest BCUT2D eigenvalue weighted by Gasteiger charge is -2.13. The number of aromatic nitrogens is 2. The molecule has 0 bridgehead atoms. The Hall–Kier alpha value is -2.25. The van der Waals surface area contributed by atoms with Gasteiger partial charge in [-0.25, -0.2) is 4.39 Å². The predicted octanol–water partition coefficient (Wildman–Crippen LogP) is 2.69. The van der Waals surface area contributed by atoms with Crippen LogP contribution in [-0.2, 0) is 0 Å². The van der Waals surface area contributed by atoms with Crippen LogP contribution in [0.15, 0.2) is 22.6 Å². The van der Waals surface area contributed by atoms with Gasteiger partial charge >= 0.3 is 12.4 Å². The Kier molecular flexibility index (Phi) is 2.58. The molecule has 0 spiro atoms. The second kappa shape index (κ2) is 4.15. The zero-order valence-corrected chi connectivity index (χ0v) is 9.85. The molecule has 3 rings (SSSR count). The summed E-state index contributed by atoms with van der Waals surface area (Å²) in [6, 6.07) is 4.16. The molecule has 1 aromatic heterocycles. The zero-order chi connectivity index (χ0) is 13.6. The van der Waals surface area contributed by atoms with E-state index in [1.165, 1.54) is 12.1 Å². The molecule has 19 heavy (non-hydrogen) atoms. The molecule has 0 fully saturated rings. The van der Waals surface area contributed by atoms with Crippen LogP contribution in [0, 0.1) is 5.82 Å². The van der Waals surface area contributed by atoms with Gasteiger partial charge in [-0.1, -0.05) is 5.10 Å². The van der Waals surface area contributed by atoms with E-state index in [4.69, 9.17) is 4.42 Å². The Morgan fingerprint density at radius 1 is 1.26 bits per heavy atom. The molecule has 1 aliphatic heterocycles. The van der Waals surface area contributed by atoms with Gasteiger partial charge in [0.05, 0.1) is 18.0 Å². The molecule has 0 atom stereocenters. The van der Waals surface area contributed by atoms with Gasteiger partial charge in [-0.3, -0.25) is 4.90 Å². The van der Waals surface area contributed by atoms with Crippen LogP contribution in [-0.4, -0.2) is 23.9 Å². The van der Waals surface area contributed by atoms with Crippen molar-refractivity contribution in [1.29, 1.82) is 0 Å². The molecule has 0 N–H and O–H groups in total. The molecule has 1 aromatic carbocycles. The number of benzene rings is 1. The third kappa shape index (κ3) is 1.88. The van der Waals surface area contributed by atoms with Crippen LogP contribution in [0.3, 0.4) is 0 Å². The molecule has 8 heteroatoms. The highest BCUT2D eigenvalue weighted by Gasteiger charge is 2.29. The molecular formula is C11H9F3N4O. The van der Waals surface area contributed by atoms with Crippen molar-refractivity contribution in [3.8, 4) is 0 Å². The monoisotopic (exact) mass is 270 g/mol. The first-order valence-corrected chi connectivity index (χ1v) is 5.46. The first kappa shape index (κ1) is 11.8. The van der Waals surface area contributed by atoms with Crippen LogP contribution < -0.4 is 9.80 Å². The number of halogens is 3. The Morgan fingerprint density at radius 3 is 2.74 bits per heavy atom. The number of hydrogen-bond donors (Lipinski definition) is 0. The minimum atomic E-state index is -2.81. The number of fused-ring (bicyclic) bond motifs is 1. The molecule has 1 aliphatic rings. The molecular weight excluding hydrogens is 261 g/mol. The van der Waals surface area contributed by atoms with Crippen molar-refractivity contribution in [2.24, 2.45) is 0 Å². The Balaban J connectivity index is 1.99. The summed E-state index contributed by atoms with van der Waals surface area (Å²) in [5, 5.41) is 6.86. The fraction of sp³-hybridized carbons (Fsp3) is 0.273. The molecule has 0 amide bonds. The van der Waals surface area contributed by atoms with Gasteiger partial charge in [0.15, 0.2) is 0 Å². The summed E-state index contributed by atoms with van der Waals surface area (Å²) in [6.45, 7) is 0.323. The van der Waals surface area contributed by atoms with E-state index in [-0.39, 0.29) is 11.8 Å². The van der Waals surface area contributed by atoms with Crippen LogP contribution in [0.5, 0.6) is 0 Å². The maximum absolute atomic E-state index is 13.2.